The average Bonchev–Trinajstić information content (AvgIpc) is 1.99. The van der Waals surface area contributed by atoms with Crippen LogP contribution in [-0.4, -0.2) is 31.0 Å². The Labute approximate surface area is 89.3 Å². The van der Waals surface area contributed by atoms with Crippen LogP contribution in [-0.2, 0) is 19.4 Å². The fraction of sp³-hybridized carbons (Fsp3) is 0.625. The number of amides is 1. The maximum atomic E-state index is 11.2. The Morgan fingerprint density at radius 3 is 2.33 bits per heavy atom. The van der Waals surface area contributed by atoms with E-state index < -0.39 is 21.8 Å². The summed E-state index contributed by atoms with van der Waals surface area (Å²) in [5, 5.41) is 2.49. The average molecular weight is 237 g/mol. The van der Waals surface area contributed by atoms with Gasteiger partial charge in [0.1, 0.15) is 0 Å². The number of hydrogen-bond donors (Lipinski definition) is 2. The van der Waals surface area contributed by atoms with Crippen LogP contribution in [0.15, 0.2) is 12.2 Å². The molecule has 7 heteroatoms. The molecule has 0 spiro atoms. The van der Waals surface area contributed by atoms with Gasteiger partial charge in [-0.25, -0.2) is 4.18 Å². The lowest BCUT2D eigenvalue weighted by atomic mass is 10.1. The van der Waals surface area contributed by atoms with E-state index in [1.165, 1.54) is 6.92 Å². The third-order valence-electron chi connectivity index (χ3n) is 1.41. The van der Waals surface area contributed by atoms with E-state index in [2.05, 4.69) is 16.1 Å². The third-order valence-corrected chi connectivity index (χ3v) is 1.82. The lowest BCUT2D eigenvalue weighted by Crippen LogP contribution is -2.47. The fourth-order valence-electron chi connectivity index (χ4n) is 0.672. The van der Waals surface area contributed by atoms with Gasteiger partial charge in [-0.2, -0.15) is 8.42 Å². The van der Waals surface area contributed by atoms with Gasteiger partial charge in [0.05, 0.1) is 12.1 Å². The first-order valence-corrected chi connectivity index (χ1v) is 5.50. The summed E-state index contributed by atoms with van der Waals surface area (Å²) in [6.07, 6.45) is 0. The fourth-order valence-corrected chi connectivity index (χ4v) is 1.12. The number of rotatable bonds is 5. The molecule has 0 saturated heterocycles. The van der Waals surface area contributed by atoms with E-state index in [-0.39, 0.29) is 6.61 Å². The van der Waals surface area contributed by atoms with Crippen molar-refractivity contribution in [2.45, 2.75) is 26.3 Å². The van der Waals surface area contributed by atoms with Gasteiger partial charge in [0.2, 0.25) is 5.91 Å². The first-order chi connectivity index (χ1) is 6.53. The molecular weight excluding hydrogens is 222 g/mol. The predicted octanol–water partition coefficient (Wildman–Crippen LogP) is 0.277. The van der Waals surface area contributed by atoms with Gasteiger partial charge >= 0.3 is 10.4 Å². The number of carbonyl (C=O) groups excluding carboxylic acids is 1. The molecule has 0 atom stereocenters. The first kappa shape index (κ1) is 14.1. The monoisotopic (exact) mass is 237 g/mol. The zero-order chi connectivity index (χ0) is 12.3. The summed E-state index contributed by atoms with van der Waals surface area (Å²) < 4.78 is 33.1. The van der Waals surface area contributed by atoms with Crippen molar-refractivity contribution >= 4 is 16.3 Å². The van der Waals surface area contributed by atoms with Crippen molar-refractivity contribution < 1.29 is 21.9 Å². The molecule has 0 aliphatic heterocycles. The Morgan fingerprint density at radius 2 is 2.00 bits per heavy atom. The van der Waals surface area contributed by atoms with Gasteiger partial charge in [0.25, 0.3) is 0 Å². The highest BCUT2D eigenvalue weighted by molar-refractivity contribution is 7.80. The summed E-state index contributed by atoms with van der Waals surface area (Å²) in [5.41, 5.74) is -0.610. The zero-order valence-electron chi connectivity index (χ0n) is 8.90. The lowest BCUT2D eigenvalue weighted by molar-refractivity contribution is -0.119. The maximum absolute atomic E-state index is 11.2. The normalized spacial score (nSPS) is 12.3. The van der Waals surface area contributed by atoms with E-state index in [4.69, 9.17) is 4.55 Å². The molecule has 0 rings (SSSR count). The maximum Gasteiger partial charge on any atom is 0.397 e. The van der Waals surface area contributed by atoms with Gasteiger partial charge in [0, 0.05) is 5.57 Å². The Bertz CT molecular complexity index is 357. The standard InChI is InChI=1S/C8H15NO5S/c1-6(2)7(10)9-8(3,4)5-14-15(11,12)13/h1,5H2,2-4H3,(H,9,10)(H,11,12,13). The van der Waals surface area contributed by atoms with E-state index in [0.29, 0.717) is 5.57 Å². The van der Waals surface area contributed by atoms with Crippen molar-refractivity contribution in [3.63, 3.8) is 0 Å². The van der Waals surface area contributed by atoms with Crippen LogP contribution in [0, 0.1) is 0 Å². The molecule has 0 aromatic carbocycles. The minimum Gasteiger partial charge on any atom is -0.345 e. The molecule has 6 nitrogen and oxygen atoms in total. The third kappa shape index (κ3) is 7.06. The second-order valence-electron chi connectivity index (χ2n) is 3.81. The summed E-state index contributed by atoms with van der Waals surface area (Å²) in [6.45, 7) is 7.70. The Morgan fingerprint density at radius 1 is 1.53 bits per heavy atom. The summed E-state index contributed by atoms with van der Waals surface area (Å²) in [6, 6.07) is 0. The van der Waals surface area contributed by atoms with Crippen LogP contribution in [0.1, 0.15) is 20.8 Å². The lowest BCUT2D eigenvalue weighted by Gasteiger charge is -2.25. The molecule has 2 N–H and O–H groups in total. The van der Waals surface area contributed by atoms with Crippen LogP contribution >= 0.6 is 0 Å². The molecule has 1 amide bonds. The molecule has 15 heavy (non-hydrogen) atoms. The highest BCUT2D eigenvalue weighted by atomic mass is 32.3. The van der Waals surface area contributed by atoms with E-state index in [1.807, 2.05) is 0 Å². The largest absolute Gasteiger partial charge is 0.397 e. The Hall–Kier alpha value is -0.920. The second-order valence-corrected chi connectivity index (χ2v) is 4.90. The topological polar surface area (TPSA) is 92.7 Å². The molecule has 0 radical (unpaired) electrons. The quantitative estimate of drug-likeness (QED) is 0.529. The first-order valence-electron chi connectivity index (χ1n) is 4.13. The van der Waals surface area contributed by atoms with E-state index >= 15 is 0 Å². The molecule has 0 aromatic heterocycles. The molecule has 0 aromatic rings. The Balaban J connectivity index is 4.32. The van der Waals surface area contributed by atoms with E-state index in [1.54, 1.807) is 13.8 Å². The highest BCUT2D eigenvalue weighted by Crippen LogP contribution is 2.05. The van der Waals surface area contributed by atoms with E-state index in [9.17, 15) is 13.2 Å². The number of nitrogens with one attached hydrogen (secondary N) is 1. The smallest absolute Gasteiger partial charge is 0.345 e. The van der Waals surface area contributed by atoms with Crippen molar-refractivity contribution in [1.82, 2.24) is 5.32 Å². The van der Waals surface area contributed by atoms with Gasteiger partial charge in [0.15, 0.2) is 0 Å². The van der Waals surface area contributed by atoms with Crippen LogP contribution in [0.4, 0.5) is 0 Å². The van der Waals surface area contributed by atoms with Crippen molar-refractivity contribution in [2.24, 2.45) is 0 Å². The van der Waals surface area contributed by atoms with Crippen LogP contribution < -0.4 is 5.32 Å². The molecule has 0 heterocycles. The van der Waals surface area contributed by atoms with Crippen molar-refractivity contribution in [2.75, 3.05) is 6.61 Å². The van der Waals surface area contributed by atoms with Crippen molar-refractivity contribution in [3.8, 4) is 0 Å². The van der Waals surface area contributed by atoms with E-state index in [0.717, 1.165) is 0 Å². The molecule has 0 bridgehead atoms. The number of carbonyl (C=O) groups is 1. The van der Waals surface area contributed by atoms with Gasteiger partial charge in [-0.1, -0.05) is 6.58 Å². The zero-order valence-corrected chi connectivity index (χ0v) is 9.72. The van der Waals surface area contributed by atoms with Crippen LogP contribution in [0.3, 0.4) is 0 Å². The molecule has 0 aliphatic rings. The SMILES string of the molecule is C=C(C)C(=O)NC(C)(C)COS(=O)(=O)O. The molecule has 0 saturated carbocycles. The molecule has 0 unspecified atom stereocenters. The summed E-state index contributed by atoms with van der Waals surface area (Å²) >= 11 is 0. The minimum absolute atomic E-state index is 0.301. The van der Waals surface area contributed by atoms with Gasteiger partial charge in [-0.05, 0) is 20.8 Å². The van der Waals surface area contributed by atoms with Gasteiger partial charge in [-0.3, -0.25) is 9.35 Å². The summed E-state index contributed by atoms with van der Waals surface area (Å²) in [7, 11) is -4.49. The second kappa shape index (κ2) is 4.73. The molecular formula is C8H15NO5S. The summed E-state index contributed by atoms with van der Waals surface area (Å²) in [5.74, 6) is -0.404. The summed E-state index contributed by atoms with van der Waals surface area (Å²) in [4.78, 5) is 11.2. The van der Waals surface area contributed by atoms with Gasteiger partial charge < -0.3 is 5.32 Å². The van der Waals surface area contributed by atoms with Gasteiger partial charge in [-0.15, -0.1) is 0 Å². The van der Waals surface area contributed by atoms with Crippen LogP contribution in [0.25, 0.3) is 0 Å². The van der Waals surface area contributed by atoms with Crippen LogP contribution in [0.2, 0.25) is 0 Å². The predicted molar refractivity (Wildman–Crippen MR) is 54.5 cm³/mol. The Kier molecular flexibility index (Phi) is 4.44. The number of hydrogen-bond acceptors (Lipinski definition) is 4. The molecule has 0 fully saturated rings. The highest BCUT2D eigenvalue weighted by Gasteiger charge is 2.23. The van der Waals surface area contributed by atoms with Crippen molar-refractivity contribution in [3.05, 3.63) is 12.2 Å². The van der Waals surface area contributed by atoms with Crippen molar-refractivity contribution in [1.29, 1.82) is 0 Å². The van der Waals surface area contributed by atoms with Crippen LogP contribution in [0.5, 0.6) is 0 Å². The molecule has 88 valence electrons. The molecule has 0 aliphatic carbocycles. The minimum atomic E-state index is -4.49.